The fourth-order valence-electron chi connectivity index (χ4n) is 2.15. The average Bonchev–Trinajstić information content (AvgIpc) is 2.93. The van der Waals surface area contributed by atoms with Gasteiger partial charge in [-0.25, -0.2) is 4.98 Å². The summed E-state index contributed by atoms with van der Waals surface area (Å²) in [6.07, 6.45) is 4.71. The fourth-order valence-corrected chi connectivity index (χ4v) is 2.15. The lowest BCUT2D eigenvalue weighted by atomic mass is 10.3. The van der Waals surface area contributed by atoms with Crippen molar-refractivity contribution in [3.63, 3.8) is 0 Å². The molecule has 84 valence electrons. The lowest BCUT2D eigenvalue weighted by Gasteiger charge is -2.13. The zero-order valence-electron chi connectivity index (χ0n) is 9.95. The van der Waals surface area contributed by atoms with Gasteiger partial charge in [0.15, 0.2) is 0 Å². The average molecular weight is 207 g/mol. The predicted molar refractivity (Wildman–Crippen MR) is 63.0 cm³/mol. The van der Waals surface area contributed by atoms with Gasteiger partial charge in [-0.3, -0.25) is 0 Å². The van der Waals surface area contributed by atoms with Crippen molar-refractivity contribution in [1.82, 2.24) is 9.55 Å². The Morgan fingerprint density at radius 1 is 1.47 bits per heavy atom. The van der Waals surface area contributed by atoms with Gasteiger partial charge in [0.25, 0.3) is 0 Å². The summed E-state index contributed by atoms with van der Waals surface area (Å²) in [7, 11) is 0. The zero-order valence-corrected chi connectivity index (χ0v) is 9.95. The number of rotatable bonds is 4. The van der Waals surface area contributed by atoms with Crippen LogP contribution in [0.1, 0.15) is 63.5 Å². The molecule has 1 fully saturated rings. The van der Waals surface area contributed by atoms with E-state index in [1.54, 1.807) is 0 Å². The first-order valence-corrected chi connectivity index (χ1v) is 6.01. The fraction of sp³-hybridized carbons (Fsp3) is 0.750. The van der Waals surface area contributed by atoms with E-state index in [0.29, 0.717) is 12.0 Å². The highest BCUT2D eigenvalue weighted by Crippen LogP contribution is 2.42. The number of anilines is 1. The largest absolute Gasteiger partial charge is 0.384 e. The van der Waals surface area contributed by atoms with Crippen molar-refractivity contribution in [2.75, 3.05) is 5.73 Å². The third-order valence-corrected chi connectivity index (χ3v) is 3.00. The second kappa shape index (κ2) is 3.87. The minimum Gasteiger partial charge on any atom is -0.384 e. The van der Waals surface area contributed by atoms with Gasteiger partial charge in [0.05, 0.1) is 5.69 Å². The van der Waals surface area contributed by atoms with E-state index in [2.05, 4.69) is 25.3 Å². The van der Waals surface area contributed by atoms with E-state index < -0.39 is 0 Å². The van der Waals surface area contributed by atoms with Crippen molar-refractivity contribution in [2.24, 2.45) is 0 Å². The Labute approximate surface area is 91.7 Å². The number of imidazole rings is 1. The Kier molecular flexibility index (Phi) is 2.72. The molecule has 2 rings (SSSR count). The summed E-state index contributed by atoms with van der Waals surface area (Å²) in [5.74, 6) is 2.74. The standard InChI is InChI=1S/C12H21N3/c1-4-5-10-14-11(9-6-7-9)12(13)15(10)8(2)3/h8-9H,4-7,13H2,1-3H3. The highest BCUT2D eigenvalue weighted by Gasteiger charge is 2.30. The first-order valence-electron chi connectivity index (χ1n) is 6.01. The van der Waals surface area contributed by atoms with Crippen LogP contribution in [0.15, 0.2) is 0 Å². The van der Waals surface area contributed by atoms with Gasteiger partial charge in [-0.15, -0.1) is 0 Å². The molecule has 1 aromatic rings. The summed E-state index contributed by atoms with van der Waals surface area (Å²) < 4.78 is 2.21. The van der Waals surface area contributed by atoms with Gasteiger partial charge in [0.1, 0.15) is 11.6 Å². The van der Waals surface area contributed by atoms with Crippen LogP contribution in [0.25, 0.3) is 0 Å². The molecule has 0 saturated heterocycles. The molecule has 0 atom stereocenters. The monoisotopic (exact) mass is 207 g/mol. The molecule has 0 radical (unpaired) electrons. The lowest BCUT2D eigenvalue weighted by molar-refractivity contribution is 0.571. The minimum absolute atomic E-state index is 0.423. The first kappa shape index (κ1) is 10.5. The quantitative estimate of drug-likeness (QED) is 0.825. The van der Waals surface area contributed by atoms with Gasteiger partial charge >= 0.3 is 0 Å². The molecule has 0 aromatic carbocycles. The van der Waals surface area contributed by atoms with Crippen molar-refractivity contribution in [3.8, 4) is 0 Å². The van der Waals surface area contributed by atoms with E-state index in [4.69, 9.17) is 10.7 Å². The molecule has 2 N–H and O–H groups in total. The van der Waals surface area contributed by atoms with Gasteiger partial charge in [-0.2, -0.15) is 0 Å². The number of nitrogen functional groups attached to an aromatic ring is 1. The number of nitrogens with two attached hydrogens (primary N) is 1. The summed E-state index contributed by atoms with van der Waals surface area (Å²) >= 11 is 0. The maximum absolute atomic E-state index is 6.18. The third kappa shape index (κ3) is 1.87. The molecule has 3 heteroatoms. The van der Waals surface area contributed by atoms with Crippen LogP contribution < -0.4 is 5.73 Å². The van der Waals surface area contributed by atoms with Gasteiger partial charge in [0.2, 0.25) is 0 Å². The van der Waals surface area contributed by atoms with Gasteiger partial charge < -0.3 is 10.3 Å². The predicted octanol–water partition coefficient (Wildman–Crippen LogP) is 2.88. The van der Waals surface area contributed by atoms with Crippen molar-refractivity contribution in [3.05, 3.63) is 11.5 Å². The van der Waals surface area contributed by atoms with Crippen LogP contribution in [-0.2, 0) is 6.42 Å². The molecular weight excluding hydrogens is 186 g/mol. The Hall–Kier alpha value is -0.990. The summed E-state index contributed by atoms with van der Waals surface area (Å²) in [4.78, 5) is 4.72. The SMILES string of the molecule is CCCc1nc(C2CC2)c(N)n1C(C)C. The van der Waals surface area contributed by atoms with Crippen molar-refractivity contribution in [1.29, 1.82) is 0 Å². The molecule has 1 aromatic heterocycles. The molecule has 0 spiro atoms. The molecular formula is C12H21N3. The van der Waals surface area contributed by atoms with E-state index in [9.17, 15) is 0 Å². The molecule has 0 amide bonds. The molecule has 3 nitrogen and oxygen atoms in total. The van der Waals surface area contributed by atoms with Crippen molar-refractivity contribution in [2.45, 2.75) is 58.4 Å². The Bertz CT molecular complexity index is 348. The van der Waals surface area contributed by atoms with E-state index in [1.807, 2.05) is 0 Å². The molecule has 1 heterocycles. The van der Waals surface area contributed by atoms with Crippen LogP contribution in [0.3, 0.4) is 0 Å². The molecule has 1 saturated carbocycles. The van der Waals surface area contributed by atoms with Crippen LogP contribution in [0.5, 0.6) is 0 Å². The number of hydrogen-bond acceptors (Lipinski definition) is 2. The van der Waals surface area contributed by atoms with E-state index in [1.165, 1.54) is 18.7 Å². The normalized spacial score (nSPS) is 16.3. The van der Waals surface area contributed by atoms with E-state index in [0.717, 1.165) is 24.4 Å². The van der Waals surface area contributed by atoms with Crippen LogP contribution in [0.4, 0.5) is 5.82 Å². The summed E-state index contributed by atoms with van der Waals surface area (Å²) in [6, 6.07) is 0.423. The maximum atomic E-state index is 6.18. The van der Waals surface area contributed by atoms with Crippen LogP contribution in [-0.4, -0.2) is 9.55 Å². The van der Waals surface area contributed by atoms with Gasteiger partial charge in [-0.05, 0) is 33.1 Å². The van der Waals surface area contributed by atoms with Crippen molar-refractivity contribution < 1.29 is 0 Å². The third-order valence-electron chi connectivity index (χ3n) is 3.00. The Morgan fingerprint density at radius 3 is 2.60 bits per heavy atom. The molecule has 0 aliphatic heterocycles. The zero-order chi connectivity index (χ0) is 11.0. The van der Waals surface area contributed by atoms with Gasteiger partial charge in [0, 0.05) is 18.4 Å². The highest BCUT2D eigenvalue weighted by atomic mass is 15.2. The highest BCUT2D eigenvalue weighted by molar-refractivity contribution is 5.43. The molecule has 1 aliphatic carbocycles. The first-order chi connectivity index (χ1) is 7.15. The molecule has 0 unspecified atom stereocenters. The number of aromatic nitrogens is 2. The second-order valence-corrected chi connectivity index (χ2v) is 4.79. The summed E-state index contributed by atoms with van der Waals surface area (Å²) in [5, 5.41) is 0. The van der Waals surface area contributed by atoms with Gasteiger partial charge in [-0.1, -0.05) is 6.92 Å². The number of nitrogens with zero attached hydrogens (tertiary/aromatic N) is 2. The van der Waals surface area contributed by atoms with Crippen LogP contribution >= 0.6 is 0 Å². The maximum Gasteiger partial charge on any atom is 0.127 e. The molecule has 15 heavy (non-hydrogen) atoms. The minimum atomic E-state index is 0.423. The molecule has 1 aliphatic rings. The van der Waals surface area contributed by atoms with E-state index >= 15 is 0 Å². The smallest absolute Gasteiger partial charge is 0.127 e. The Morgan fingerprint density at radius 2 is 2.13 bits per heavy atom. The van der Waals surface area contributed by atoms with Crippen LogP contribution in [0, 0.1) is 0 Å². The topological polar surface area (TPSA) is 43.8 Å². The second-order valence-electron chi connectivity index (χ2n) is 4.79. The van der Waals surface area contributed by atoms with E-state index in [-0.39, 0.29) is 0 Å². The number of aryl methyl sites for hydroxylation is 1. The number of hydrogen-bond donors (Lipinski definition) is 1. The Balaban J connectivity index is 2.38. The lowest BCUT2D eigenvalue weighted by Crippen LogP contribution is -2.09. The van der Waals surface area contributed by atoms with Crippen LogP contribution in [0.2, 0.25) is 0 Å². The summed E-state index contributed by atoms with van der Waals surface area (Å²) in [5.41, 5.74) is 7.34. The van der Waals surface area contributed by atoms with Crippen molar-refractivity contribution >= 4 is 5.82 Å². The molecule has 0 bridgehead atoms. The summed E-state index contributed by atoms with van der Waals surface area (Å²) in [6.45, 7) is 6.54.